The van der Waals surface area contributed by atoms with E-state index in [-0.39, 0.29) is 11.8 Å². The van der Waals surface area contributed by atoms with Crippen LogP contribution in [0.15, 0.2) is 38.8 Å². The summed E-state index contributed by atoms with van der Waals surface area (Å²) in [6, 6.07) is 5.57. The van der Waals surface area contributed by atoms with Crippen LogP contribution in [-0.4, -0.2) is 5.16 Å². The van der Waals surface area contributed by atoms with Crippen molar-refractivity contribution in [1.29, 1.82) is 5.26 Å². The summed E-state index contributed by atoms with van der Waals surface area (Å²) in [5.41, 5.74) is 7.33. The van der Waals surface area contributed by atoms with Crippen molar-refractivity contribution in [3.05, 3.63) is 46.9 Å². The Hall–Kier alpha value is -2.68. The largest absolute Gasteiger partial charge is 0.468 e. The first kappa shape index (κ1) is 10.5. The highest BCUT2D eigenvalue weighted by molar-refractivity contribution is 5.51. The minimum absolute atomic E-state index is 0.0163. The molecule has 0 saturated carbocycles. The number of fused-ring (bicyclic) bond motifs is 1. The van der Waals surface area contributed by atoms with Gasteiger partial charge in [-0.1, -0.05) is 5.16 Å². The molecule has 0 spiro atoms. The molecule has 0 fully saturated rings. The van der Waals surface area contributed by atoms with Gasteiger partial charge in [-0.3, -0.25) is 0 Å². The summed E-state index contributed by atoms with van der Waals surface area (Å²) in [6.45, 7) is 1.78. The average Bonchev–Trinajstić information content (AvgIpc) is 2.98. The van der Waals surface area contributed by atoms with Crippen LogP contribution in [0.1, 0.15) is 22.9 Å². The van der Waals surface area contributed by atoms with Gasteiger partial charge in [0.1, 0.15) is 17.4 Å². The summed E-state index contributed by atoms with van der Waals surface area (Å²) in [5, 5.41) is 13.1. The number of nitriles is 1. The summed E-state index contributed by atoms with van der Waals surface area (Å²) in [7, 11) is 0. The second-order valence-electron chi connectivity index (χ2n) is 3.91. The lowest BCUT2D eigenvalue weighted by Crippen LogP contribution is -2.20. The Morgan fingerprint density at radius 1 is 1.50 bits per heavy atom. The highest BCUT2D eigenvalue weighted by atomic mass is 16.6. The Labute approximate surface area is 102 Å². The van der Waals surface area contributed by atoms with Crippen LogP contribution in [-0.2, 0) is 0 Å². The molecule has 0 aromatic carbocycles. The van der Waals surface area contributed by atoms with E-state index in [9.17, 15) is 5.26 Å². The van der Waals surface area contributed by atoms with E-state index in [1.807, 2.05) is 0 Å². The summed E-state index contributed by atoms with van der Waals surface area (Å²) in [6.07, 6.45) is 1.54. The number of hydrogen-bond acceptors (Lipinski definition) is 6. The Kier molecular flexibility index (Phi) is 2.13. The number of ether oxygens (including phenoxy) is 1. The van der Waals surface area contributed by atoms with Gasteiger partial charge in [-0.25, -0.2) is 0 Å². The van der Waals surface area contributed by atoms with E-state index in [0.29, 0.717) is 22.6 Å². The van der Waals surface area contributed by atoms with Crippen LogP contribution in [0.25, 0.3) is 0 Å². The lowest BCUT2D eigenvalue weighted by molar-refractivity contribution is 0.252. The zero-order valence-corrected chi connectivity index (χ0v) is 9.51. The van der Waals surface area contributed by atoms with E-state index < -0.39 is 5.92 Å². The molecule has 90 valence electrons. The van der Waals surface area contributed by atoms with Crippen molar-refractivity contribution in [2.24, 2.45) is 5.73 Å². The minimum Gasteiger partial charge on any atom is -0.468 e. The van der Waals surface area contributed by atoms with Gasteiger partial charge in [-0.05, 0) is 19.1 Å². The molecule has 0 unspecified atom stereocenters. The number of aromatic nitrogens is 1. The van der Waals surface area contributed by atoms with Crippen LogP contribution >= 0.6 is 0 Å². The van der Waals surface area contributed by atoms with Gasteiger partial charge in [0.25, 0.3) is 0 Å². The van der Waals surface area contributed by atoms with Gasteiger partial charge in [-0.2, -0.15) is 5.26 Å². The average molecular weight is 243 g/mol. The molecule has 1 aliphatic heterocycles. The molecule has 1 aliphatic rings. The highest BCUT2D eigenvalue weighted by Gasteiger charge is 2.37. The SMILES string of the molecule is Cc1noc2c1[C@H](c1ccco1)C(C#N)=C(N)O2. The molecule has 2 aromatic rings. The van der Waals surface area contributed by atoms with Crippen molar-refractivity contribution < 1.29 is 13.7 Å². The zero-order valence-electron chi connectivity index (χ0n) is 9.51. The van der Waals surface area contributed by atoms with E-state index in [0.717, 1.165) is 0 Å². The van der Waals surface area contributed by atoms with E-state index in [1.165, 1.54) is 0 Å². The molecule has 1 atom stereocenters. The fraction of sp³-hybridized carbons (Fsp3) is 0.167. The van der Waals surface area contributed by atoms with Crippen molar-refractivity contribution in [1.82, 2.24) is 5.16 Å². The highest BCUT2D eigenvalue weighted by Crippen LogP contribution is 2.43. The molecule has 6 nitrogen and oxygen atoms in total. The number of nitrogens with two attached hydrogens (primary N) is 1. The molecule has 3 heterocycles. The fourth-order valence-electron chi connectivity index (χ4n) is 2.06. The van der Waals surface area contributed by atoms with Gasteiger partial charge in [0.15, 0.2) is 0 Å². The number of rotatable bonds is 1. The van der Waals surface area contributed by atoms with Gasteiger partial charge in [0.2, 0.25) is 5.88 Å². The summed E-state index contributed by atoms with van der Waals surface area (Å²) < 4.78 is 15.7. The molecule has 18 heavy (non-hydrogen) atoms. The molecule has 0 amide bonds. The molecular weight excluding hydrogens is 234 g/mol. The lowest BCUT2D eigenvalue weighted by atomic mass is 9.88. The summed E-state index contributed by atoms with van der Waals surface area (Å²) in [4.78, 5) is 0. The second-order valence-corrected chi connectivity index (χ2v) is 3.91. The third-order valence-corrected chi connectivity index (χ3v) is 2.87. The van der Waals surface area contributed by atoms with Crippen molar-refractivity contribution >= 4 is 0 Å². The van der Waals surface area contributed by atoms with Crippen LogP contribution in [0, 0.1) is 18.3 Å². The monoisotopic (exact) mass is 243 g/mol. The first-order chi connectivity index (χ1) is 8.72. The smallest absolute Gasteiger partial charge is 0.322 e. The maximum absolute atomic E-state index is 9.22. The number of furan rings is 1. The van der Waals surface area contributed by atoms with Gasteiger partial charge >= 0.3 is 5.95 Å². The molecule has 0 radical (unpaired) electrons. The van der Waals surface area contributed by atoms with Crippen molar-refractivity contribution in [2.45, 2.75) is 12.8 Å². The maximum Gasteiger partial charge on any atom is 0.322 e. The number of aryl methyl sites for hydroxylation is 1. The number of allylic oxidation sites excluding steroid dienone is 1. The van der Waals surface area contributed by atoms with Gasteiger partial charge in [-0.15, -0.1) is 0 Å². The molecule has 0 bridgehead atoms. The molecule has 3 rings (SSSR count). The van der Waals surface area contributed by atoms with Crippen LogP contribution in [0.4, 0.5) is 0 Å². The first-order valence-corrected chi connectivity index (χ1v) is 5.29. The molecule has 2 aromatic heterocycles. The maximum atomic E-state index is 9.22. The predicted octanol–water partition coefficient (Wildman–Crippen LogP) is 1.79. The van der Waals surface area contributed by atoms with Crippen molar-refractivity contribution in [3.8, 4) is 12.0 Å². The fourth-order valence-corrected chi connectivity index (χ4v) is 2.06. The molecule has 6 heteroatoms. The van der Waals surface area contributed by atoms with Crippen LogP contribution in [0.3, 0.4) is 0 Å². The Morgan fingerprint density at radius 2 is 2.33 bits per heavy atom. The standard InChI is InChI=1S/C12H9N3O3/c1-6-9-10(8-3-2-4-16-8)7(5-13)11(14)17-12(9)18-15-6/h2-4,10H,14H2,1H3/t10-/m0/s1. The van der Waals surface area contributed by atoms with E-state index in [2.05, 4.69) is 11.2 Å². The summed E-state index contributed by atoms with van der Waals surface area (Å²) >= 11 is 0. The van der Waals surface area contributed by atoms with Crippen molar-refractivity contribution in [2.75, 3.05) is 0 Å². The molecule has 0 aliphatic carbocycles. The zero-order chi connectivity index (χ0) is 12.7. The Morgan fingerprint density at radius 3 is 3.00 bits per heavy atom. The number of hydrogen-bond donors (Lipinski definition) is 1. The third kappa shape index (κ3) is 1.31. The normalized spacial score (nSPS) is 18.1. The third-order valence-electron chi connectivity index (χ3n) is 2.87. The molecular formula is C12H9N3O3. The lowest BCUT2D eigenvalue weighted by Gasteiger charge is -2.20. The first-order valence-electron chi connectivity index (χ1n) is 5.29. The minimum atomic E-state index is -0.431. The predicted molar refractivity (Wildman–Crippen MR) is 59.2 cm³/mol. The second kappa shape index (κ2) is 3.67. The Bertz CT molecular complexity index is 661. The number of nitrogens with zero attached hydrogens (tertiary/aromatic N) is 2. The quantitative estimate of drug-likeness (QED) is 0.819. The molecule has 2 N–H and O–H groups in total. The van der Waals surface area contributed by atoms with Gasteiger partial charge in [0.05, 0.1) is 23.4 Å². The van der Waals surface area contributed by atoms with E-state index >= 15 is 0 Å². The van der Waals surface area contributed by atoms with Crippen LogP contribution in [0.5, 0.6) is 5.95 Å². The van der Waals surface area contributed by atoms with Crippen LogP contribution in [0.2, 0.25) is 0 Å². The van der Waals surface area contributed by atoms with E-state index in [4.69, 9.17) is 19.4 Å². The van der Waals surface area contributed by atoms with Gasteiger partial charge < -0.3 is 19.4 Å². The topological polar surface area (TPSA) is 98.2 Å². The van der Waals surface area contributed by atoms with Crippen molar-refractivity contribution in [3.63, 3.8) is 0 Å². The van der Waals surface area contributed by atoms with Crippen LogP contribution < -0.4 is 10.5 Å². The Balaban J connectivity index is 2.25. The van der Waals surface area contributed by atoms with E-state index in [1.54, 1.807) is 25.3 Å². The summed E-state index contributed by atoms with van der Waals surface area (Å²) in [5.74, 6) is 0.401. The molecule has 0 saturated heterocycles. The van der Waals surface area contributed by atoms with Gasteiger partial charge in [0, 0.05) is 0 Å².